The van der Waals surface area contributed by atoms with Crippen molar-refractivity contribution in [3.63, 3.8) is 0 Å². The Balaban J connectivity index is 0.000000215. The van der Waals surface area contributed by atoms with E-state index in [0.29, 0.717) is 44.5 Å². The van der Waals surface area contributed by atoms with Crippen LogP contribution in [0.5, 0.6) is 0 Å². The number of nitrogens with zero attached hydrogens (tertiary/aromatic N) is 6. The minimum atomic E-state index is -4.42. The van der Waals surface area contributed by atoms with Crippen LogP contribution in [0.3, 0.4) is 0 Å². The van der Waals surface area contributed by atoms with E-state index < -0.39 is 47.1 Å². The topological polar surface area (TPSA) is 117 Å². The third-order valence-corrected chi connectivity index (χ3v) is 9.04. The van der Waals surface area contributed by atoms with Crippen LogP contribution in [0.2, 0.25) is 5.15 Å². The molecule has 6 aromatic rings. The fraction of sp³-hybridized carbons (Fsp3) is 0.250. The van der Waals surface area contributed by atoms with Crippen LogP contribution in [-0.2, 0) is 17.1 Å². The van der Waals surface area contributed by atoms with Gasteiger partial charge in [0.1, 0.15) is 17.0 Å². The van der Waals surface area contributed by atoms with Crippen molar-refractivity contribution in [1.29, 1.82) is 5.26 Å². The first kappa shape index (κ1) is 39.7. The van der Waals surface area contributed by atoms with E-state index in [0.717, 1.165) is 29.7 Å². The number of ether oxygens (including phenoxy) is 1. The molecule has 0 bridgehead atoms. The number of halogens is 7. The molecular weight excluding hydrogens is 760 g/mol. The molecule has 1 amide bonds. The van der Waals surface area contributed by atoms with Gasteiger partial charge in [0.2, 0.25) is 0 Å². The summed E-state index contributed by atoms with van der Waals surface area (Å²) in [6, 6.07) is 25.9. The highest BCUT2D eigenvalue weighted by atomic mass is 35.5. The van der Waals surface area contributed by atoms with E-state index in [1.165, 1.54) is 29.2 Å². The zero-order valence-electron chi connectivity index (χ0n) is 30.0. The standard InChI is InChI=1S/C25H24F3N5O2.C15H8ClF3N2/c1-24(2,3)35-23(34)33-13-16(12-29)20(14-33)30-22-19-7-5-4-6-18(19)21(31-32-22)15-8-10-17(11-9-15)25(26,27)28;16-14-12-4-2-1-3-11(12)13(20-21-14)9-5-7-10(8-6-9)15(17,18)19/h4-11,16,20H,13-14H2,1-3H3,(H,30,32);1-8H. The highest BCUT2D eigenvalue weighted by Gasteiger charge is 2.38. The SMILES string of the molecule is CC(C)(C)OC(=O)N1CC(C#N)C(Nc2nnc(-c3ccc(C(F)(F)F)cc3)c3ccccc23)C1.FC(F)(F)c1ccc(-c2nnc(Cl)c3ccccc23)cc1. The van der Waals surface area contributed by atoms with Gasteiger partial charge >= 0.3 is 18.4 Å². The van der Waals surface area contributed by atoms with Crippen molar-refractivity contribution in [1.82, 2.24) is 25.3 Å². The monoisotopic (exact) mass is 791 g/mol. The molecule has 56 heavy (non-hydrogen) atoms. The average Bonchev–Trinajstić information content (AvgIpc) is 3.57. The summed E-state index contributed by atoms with van der Waals surface area (Å²) in [6.07, 6.45) is -9.27. The maximum atomic E-state index is 12.9. The number of nitrogens with one attached hydrogen (secondary N) is 1. The molecule has 16 heteroatoms. The van der Waals surface area contributed by atoms with Crippen LogP contribution >= 0.6 is 11.6 Å². The van der Waals surface area contributed by atoms with Crippen molar-refractivity contribution in [3.05, 3.63) is 113 Å². The second kappa shape index (κ2) is 15.6. The van der Waals surface area contributed by atoms with Crippen LogP contribution < -0.4 is 5.32 Å². The summed E-state index contributed by atoms with van der Waals surface area (Å²) in [5.41, 5.74) is -0.0843. The largest absolute Gasteiger partial charge is 0.444 e. The molecular formula is C40H32ClF6N7O2. The number of amides is 1. The molecule has 2 unspecified atom stereocenters. The van der Waals surface area contributed by atoms with Gasteiger partial charge in [0, 0.05) is 45.8 Å². The number of benzene rings is 4. The molecule has 2 aromatic heterocycles. The van der Waals surface area contributed by atoms with Gasteiger partial charge < -0.3 is 15.0 Å². The highest BCUT2D eigenvalue weighted by Crippen LogP contribution is 2.36. The van der Waals surface area contributed by atoms with Gasteiger partial charge in [0.25, 0.3) is 0 Å². The van der Waals surface area contributed by atoms with E-state index in [2.05, 4.69) is 31.8 Å². The molecule has 4 aromatic carbocycles. The molecule has 3 heterocycles. The van der Waals surface area contributed by atoms with Crippen LogP contribution in [0.4, 0.5) is 37.0 Å². The molecule has 7 rings (SSSR count). The molecule has 1 aliphatic rings. The summed E-state index contributed by atoms with van der Waals surface area (Å²) in [6.45, 7) is 5.80. The Bertz CT molecular complexity index is 2410. The number of hydrogen-bond donors (Lipinski definition) is 1. The molecule has 1 saturated heterocycles. The Morgan fingerprint density at radius 1 is 0.714 bits per heavy atom. The molecule has 0 radical (unpaired) electrons. The number of carbonyl (C=O) groups excluding carboxylic acids is 1. The number of rotatable bonds is 4. The van der Waals surface area contributed by atoms with Crippen LogP contribution in [0.1, 0.15) is 31.9 Å². The third-order valence-electron chi connectivity index (χ3n) is 8.76. The molecule has 1 fully saturated rings. The second-order valence-corrected chi connectivity index (χ2v) is 14.2. The Kier molecular flexibility index (Phi) is 11.1. The normalized spacial score (nSPS) is 15.9. The maximum Gasteiger partial charge on any atom is 0.416 e. The van der Waals surface area contributed by atoms with E-state index in [1.807, 2.05) is 36.4 Å². The van der Waals surface area contributed by atoms with E-state index in [1.54, 1.807) is 32.9 Å². The van der Waals surface area contributed by atoms with Crippen molar-refractivity contribution in [3.8, 4) is 28.6 Å². The van der Waals surface area contributed by atoms with Gasteiger partial charge in [-0.25, -0.2) is 4.79 Å². The number of likely N-dealkylation sites (tertiary alicyclic amines) is 1. The van der Waals surface area contributed by atoms with Gasteiger partial charge in [-0.3, -0.25) is 0 Å². The summed E-state index contributed by atoms with van der Waals surface area (Å²) < 4.78 is 82.0. The fourth-order valence-corrected chi connectivity index (χ4v) is 6.28. The number of alkyl halides is 6. The molecule has 0 aliphatic carbocycles. The van der Waals surface area contributed by atoms with Crippen molar-refractivity contribution < 1.29 is 35.9 Å². The lowest BCUT2D eigenvalue weighted by Crippen LogP contribution is -2.36. The number of fused-ring (bicyclic) bond motifs is 2. The van der Waals surface area contributed by atoms with Crippen LogP contribution in [0.15, 0.2) is 97.1 Å². The maximum absolute atomic E-state index is 12.9. The van der Waals surface area contributed by atoms with Crippen LogP contribution in [0.25, 0.3) is 44.1 Å². The van der Waals surface area contributed by atoms with Crippen molar-refractivity contribution in [2.75, 3.05) is 18.4 Å². The lowest BCUT2D eigenvalue weighted by Gasteiger charge is -2.24. The molecule has 0 saturated carbocycles. The first-order chi connectivity index (χ1) is 26.4. The highest BCUT2D eigenvalue weighted by molar-refractivity contribution is 6.34. The Morgan fingerprint density at radius 3 is 1.66 bits per heavy atom. The van der Waals surface area contributed by atoms with Gasteiger partial charge in [-0.15, -0.1) is 20.4 Å². The number of hydrogen-bond acceptors (Lipinski definition) is 8. The van der Waals surface area contributed by atoms with Crippen molar-refractivity contribution in [2.24, 2.45) is 5.92 Å². The van der Waals surface area contributed by atoms with E-state index in [9.17, 15) is 36.4 Å². The quantitative estimate of drug-likeness (QED) is 0.175. The third kappa shape index (κ3) is 8.92. The molecule has 0 spiro atoms. The second-order valence-electron chi connectivity index (χ2n) is 13.8. The van der Waals surface area contributed by atoms with Crippen LogP contribution in [-0.4, -0.2) is 56.1 Å². The summed E-state index contributed by atoms with van der Waals surface area (Å²) in [4.78, 5) is 14.0. The smallest absolute Gasteiger partial charge is 0.416 e. The van der Waals surface area contributed by atoms with Gasteiger partial charge in [-0.1, -0.05) is 84.4 Å². The zero-order valence-corrected chi connectivity index (χ0v) is 30.7. The lowest BCUT2D eigenvalue weighted by atomic mass is 10.0. The predicted octanol–water partition coefficient (Wildman–Crippen LogP) is 10.5. The number of nitriles is 1. The summed E-state index contributed by atoms with van der Waals surface area (Å²) in [5, 5.41) is 32.4. The summed E-state index contributed by atoms with van der Waals surface area (Å²) in [7, 11) is 0. The molecule has 9 nitrogen and oxygen atoms in total. The Labute approximate surface area is 321 Å². The zero-order chi connectivity index (χ0) is 40.4. The van der Waals surface area contributed by atoms with Gasteiger partial charge in [0.05, 0.1) is 29.2 Å². The Morgan fingerprint density at radius 2 is 1.18 bits per heavy atom. The molecule has 288 valence electrons. The average molecular weight is 792 g/mol. The minimum absolute atomic E-state index is 0.220. The number of anilines is 1. The lowest BCUT2D eigenvalue weighted by molar-refractivity contribution is -0.138. The summed E-state index contributed by atoms with van der Waals surface area (Å²) in [5.74, 6) is -0.0646. The van der Waals surface area contributed by atoms with E-state index >= 15 is 0 Å². The minimum Gasteiger partial charge on any atom is -0.444 e. The van der Waals surface area contributed by atoms with Crippen molar-refractivity contribution in [2.45, 2.75) is 44.8 Å². The predicted molar refractivity (Wildman–Crippen MR) is 199 cm³/mol. The Hall–Kier alpha value is -6.01. The van der Waals surface area contributed by atoms with E-state index in [-0.39, 0.29) is 18.2 Å². The first-order valence-corrected chi connectivity index (χ1v) is 17.5. The van der Waals surface area contributed by atoms with Gasteiger partial charge in [0.15, 0.2) is 11.0 Å². The first-order valence-electron chi connectivity index (χ1n) is 17.1. The summed E-state index contributed by atoms with van der Waals surface area (Å²) >= 11 is 5.98. The number of aromatic nitrogens is 4. The van der Waals surface area contributed by atoms with Crippen LogP contribution in [0, 0.1) is 17.2 Å². The molecule has 1 aliphatic heterocycles. The van der Waals surface area contributed by atoms with Crippen molar-refractivity contribution >= 4 is 45.1 Å². The van der Waals surface area contributed by atoms with Gasteiger partial charge in [-0.05, 0) is 45.0 Å². The molecule has 2 atom stereocenters. The van der Waals surface area contributed by atoms with E-state index in [4.69, 9.17) is 16.3 Å². The molecule has 1 N–H and O–H groups in total. The number of carbonyl (C=O) groups is 1. The fourth-order valence-electron chi connectivity index (χ4n) is 6.07. The van der Waals surface area contributed by atoms with Gasteiger partial charge in [-0.2, -0.15) is 31.6 Å².